The zero-order chi connectivity index (χ0) is 12.8. The van der Waals surface area contributed by atoms with E-state index in [1.54, 1.807) is 24.3 Å². The maximum Gasteiger partial charge on any atom is 0.514 e. The maximum atomic E-state index is 11.6. The molecule has 96 valence electrons. The molecule has 0 radical (unpaired) electrons. The molecule has 4 nitrogen and oxygen atoms in total. The van der Waals surface area contributed by atoms with Crippen LogP contribution in [-0.4, -0.2) is 18.5 Å². The highest BCUT2D eigenvalue weighted by Crippen LogP contribution is 2.22. The highest BCUT2D eigenvalue weighted by Gasteiger charge is 2.19. The highest BCUT2D eigenvalue weighted by atomic mass is 16.7. The molecule has 0 aromatic heterocycles. The molecule has 0 aliphatic heterocycles. The Labute approximate surface area is 106 Å². The van der Waals surface area contributed by atoms with Gasteiger partial charge in [0.05, 0.1) is 5.56 Å². The molecule has 1 aliphatic rings. The van der Waals surface area contributed by atoms with Gasteiger partial charge in [0.1, 0.15) is 11.9 Å². The number of carbonyl (C=O) groups excluding carboxylic acids is 2. The Hall–Kier alpha value is -1.84. The van der Waals surface area contributed by atoms with E-state index >= 15 is 0 Å². The third-order valence-corrected chi connectivity index (χ3v) is 3.05. The van der Waals surface area contributed by atoms with Gasteiger partial charge in [-0.1, -0.05) is 18.6 Å². The van der Waals surface area contributed by atoms with Gasteiger partial charge in [-0.15, -0.1) is 0 Å². The lowest BCUT2D eigenvalue weighted by Gasteiger charge is -2.21. The van der Waals surface area contributed by atoms with E-state index in [1.165, 1.54) is 6.42 Å². The normalized spacial score (nSPS) is 16.0. The van der Waals surface area contributed by atoms with Crippen LogP contribution in [0.15, 0.2) is 24.3 Å². The predicted octanol–water partition coefficient (Wildman–Crippen LogP) is 3.35. The maximum absolute atomic E-state index is 11.6. The van der Waals surface area contributed by atoms with Crippen LogP contribution in [0.1, 0.15) is 42.5 Å². The Morgan fingerprint density at radius 3 is 2.61 bits per heavy atom. The fraction of sp³-hybridized carbons (Fsp3) is 0.429. The minimum Gasteiger partial charge on any atom is -0.431 e. The number of hydrogen-bond donors (Lipinski definition) is 0. The number of rotatable bonds is 3. The number of ether oxygens (including phenoxy) is 2. The molecule has 1 saturated carbocycles. The molecule has 0 spiro atoms. The molecule has 0 unspecified atom stereocenters. The molecule has 0 atom stereocenters. The summed E-state index contributed by atoms with van der Waals surface area (Å²) in [5.41, 5.74) is 0.345. The minimum atomic E-state index is -0.726. The Morgan fingerprint density at radius 2 is 1.89 bits per heavy atom. The summed E-state index contributed by atoms with van der Waals surface area (Å²) in [4.78, 5) is 22.4. The minimum absolute atomic E-state index is 0.0466. The third-order valence-electron chi connectivity index (χ3n) is 3.05. The van der Waals surface area contributed by atoms with Crippen LogP contribution >= 0.6 is 0 Å². The summed E-state index contributed by atoms with van der Waals surface area (Å²) < 4.78 is 10.3. The molecule has 18 heavy (non-hydrogen) atoms. The van der Waals surface area contributed by atoms with Crippen LogP contribution in [0, 0.1) is 0 Å². The number of benzene rings is 1. The average molecular weight is 248 g/mol. The lowest BCUT2D eigenvalue weighted by atomic mass is 9.98. The summed E-state index contributed by atoms with van der Waals surface area (Å²) in [6, 6.07) is 6.58. The SMILES string of the molecule is O=Cc1ccccc1OC(=O)OC1CCCCC1. The van der Waals surface area contributed by atoms with Gasteiger partial charge < -0.3 is 9.47 Å². The van der Waals surface area contributed by atoms with Crippen molar-refractivity contribution in [2.75, 3.05) is 0 Å². The summed E-state index contributed by atoms with van der Waals surface area (Å²) in [5.74, 6) is 0.244. The lowest BCUT2D eigenvalue weighted by molar-refractivity contribution is 0.0416. The molecule has 1 aromatic rings. The Bertz CT molecular complexity index is 422. The molecule has 2 rings (SSSR count). The van der Waals surface area contributed by atoms with Crippen LogP contribution in [0.3, 0.4) is 0 Å². The van der Waals surface area contributed by atoms with Crippen LogP contribution in [0.4, 0.5) is 4.79 Å². The number of hydrogen-bond acceptors (Lipinski definition) is 4. The van der Waals surface area contributed by atoms with Crippen molar-refractivity contribution < 1.29 is 19.1 Å². The standard InChI is InChI=1S/C14H16O4/c15-10-11-6-4-5-9-13(11)18-14(16)17-12-7-2-1-3-8-12/h4-6,9-10,12H,1-3,7-8H2. The Morgan fingerprint density at radius 1 is 1.17 bits per heavy atom. The number of carbonyl (C=O) groups is 2. The first-order valence-electron chi connectivity index (χ1n) is 6.22. The largest absolute Gasteiger partial charge is 0.514 e. The molecule has 4 heteroatoms. The van der Waals surface area contributed by atoms with E-state index in [-0.39, 0.29) is 11.9 Å². The second kappa shape index (κ2) is 6.19. The van der Waals surface area contributed by atoms with E-state index in [4.69, 9.17) is 9.47 Å². The van der Waals surface area contributed by atoms with Gasteiger partial charge in [-0.25, -0.2) is 4.79 Å². The van der Waals surface area contributed by atoms with E-state index in [1.807, 2.05) is 0 Å². The molecule has 0 amide bonds. The molecule has 1 aromatic carbocycles. The van der Waals surface area contributed by atoms with E-state index in [2.05, 4.69) is 0 Å². The van der Waals surface area contributed by atoms with Crippen molar-refractivity contribution in [3.05, 3.63) is 29.8 Å². The van der Waals surface area contributed by atoms with Gasteiger partial charge in [0.25, 0.3) is 0 Å². The summed E-state index contributed by atoms with van der Waals surface area (Å²) in [5, 5.41) is 0. The van der Waals surface area contributed by atoms with E-state index in [9.17, 15) is 9.59 Å². The first kappa shape index (κ1) is 12.6. The lowest BCUT2D eigenvalue weighted by Crippen LogP contribution is -2.23. The molecular formula is C14H16O4. The Balaban J connectivity index is 1.92. The van der Waals surface area contributed by atoms with Crippen molar-refractivity contribution in [2.45, 2.75) is 38.2 Å². The van der Waals surface area contributed by atoms with Crippen molar-refractivity contribution in [1.29, 1.82) is 0 Å². The molecule has 0 N–H and O–H groups in total. The van der Waals surface area contributed by atoms with Gasteiger partial charge in [0.2, 0.25) is 0 Å². The zero-order valence-corrected chi connectivity index (χ0v) is 10.1. The molecule has 1 aliphatic carbocycles. The smallest absolute Gasteiger partial charge is 0.431 e. The van der Waals surface area contributed by atoms with E-state index in [0.717, 1.165) is 25.7 Å². The van der Waals surface area contributed by atoms with Gasteiger partial charge in [-0.05, 0) is 37.8 Å². The fourth-order valence-corrected chi connectivity index (χ4v) is 2.10. The number of para-hydroxylation sites is 1. The van der Waals surface area contributed by atoms with Crippen LogP contribution in [-0.2, 0) is 4.74 Å². The monoisotopic (exact) mass is 248 g/mol. The molecule has 1 fully saturated rings. The van der Waals surface area contributed by atoms with Crippen LogP contribution < -0.4 is 4.74 Å². The van der Waals surface area contributed by atoms with Gasteiger partial charge in [-0.3, -0.25) is 4.79 Å². The highest BCUT2D eigenvalue weighted by molar-refractivity contribution is 5.81. The van der Waals surface area contributed by atoms with Crippen LogP contribution in [0.2, 0.25) is 0 Å². The third kappa shape index (κ3) is 3.32. The van der Waals surface area contributed by atoms with Crippen LogP contribution in [0.25, 0.3) is 0 Å². The molecule has 0 heterocycles. The van der Waals surface area contributed by atoms with E-state index in [0.29, 0.717) is 11.8 Å². The molecule has 0 bridgehead atoms. The predicted molar refractivity (Wildman–Crippen MR) is 65.8 cm³/mol. The van der Waals surface area contributed by atoms with Crippen molar-refractivity contribution in [3.8, 4) is 5.75 Å². The van der Waals surface area contributed by atoms with Crippen molar-refractivity contribution >= 4 is 12.4 Å². The first-order valence-corrected chi connectivity index (χ1v) is 6.22. The summed E-state index contributed by atoms with van der Waals surface area (Å²) in [6.45, 7) is 0. The first-order chi connectivity index (χ1) is 8.79. The molecular weight excluding hydrogens is 232 g/mol. The van der Waals surface area contributed by atoms with Gasteiger partial charge in [0.15, 0.2) is 6.29 Å². The summed E-state index contributed by atoms with van der Waals surface area (Å²) >= 11 is 0. The van der Waals surface area contributed by atoms with Gasteiger partial charge in [0, 0.05) is 0 Å². The van der Waals surface area contributed by atoms with Crippen molar-refractivity contribution in [2.24, 2.45) is 0 Å². The number of aldehydes is 1. The fourth-order valence-electron chi connectivity index (χ4n) is 2.10. The average Bonchev–Trinajstić information content (AvgIpc) is 2.40. The zero-order valence-electron chi connectivity index (χ0n) is 10.1. The second-order valence-corrected chi connectivity index (χ2v) is 4.39. The summed E-state index contributed by atoms with van der Waals surface area (Å²) in [7, 11) is 0. The quantitative estimate of drug-likeness (QED) is 0.467. The second-order valence-electron chi connectivity index (χ2n) is 4.39. The van der Waals surface area contributed by atoms with Gasteiger partial charge >= 0.3 is 6.16 Å². The Kier molecular flexibility index (Phi) is 4.34. The van der Waals surface area contributed by atoms with Crippen molar-refractivity contribution in [3.63, 3.8) is 0 Å². The summed E-state index contributed by atoms with van der Waals surface area (Å²) in [6.07, 6.45) is 5.04. The van der Waals surface area contributed by atoms with Crippen molar-refractivity contribution in [1.82, 2.24) is 0 Å². The van der Waals surface area contributed by atoms with Crippen LogP contribution in [0.5, 0.6) is 5.75 Å². The topological polar surface area (TPSA) is 52.6 Å². The molecule has 0 saturated heterocycles. The van der Waals surface area contributed by atoms with Gasteiger partial charge in [-0.2, -0.15) is 0 Å². The van der Waals surface area contributed by atoms with E-state index < -0.39 is 6.16 Å².